The second-order valence-electron chi connectivity index (χ2n) is 14.0. The second kappa shape index (κ2) is 11.0. The third-order valence-corrected chi connectivity index (χ3v) is 9.94. The molecule has 6 rings (SSSR count). The summed E-state index contributed by atoms with van der Waals surface area (Å²) in [5.41, 5.74) is 3.41. The van der Waals surface area contributed by atoms with Crippen LogP contribution < -0.4 is 10.9 Å². The zero-order valence-electron chi connectivity index (χ0n) is 25.5. The van der Waals surface area contributed by atoms with Crippen LogP contribution in [0.1, 0.15) is 96.0 Å². The number of fused-ring (bicyclic) bond motifs is 5. The Morgan fingerprint density at radius 3 is 2.48 bits per heavy atom. The number of alkyl carbamates (subject to hydrolysis) is 1. The van der Waals surface area contributed by atoms with Crippen molar-refractivity contribution in [3.8, 4) is 5.69 Å². The Morgan fingerprint density at radius 1 is 1.07 bits per heavy atom. The molecule has 3 aromatic rings. The third-order valence-electron chi connectivity index (χ3n) is 9.63. The SMILES string of the molecule is CC(C)(C)OC(=O)NCC1CCC(N2CCC(c3ccc4c(c3)-n3c(nc(=O)c5c(Cl)cccc53)C4(C)C)CC2)CC1. The normalized spacial score (nSPS) is 22.5. The highest BCUT2D eigenvalue weighted by molar-refractivity contribution is 6.35. The number of nitrogens with zero attached hydrogens (tertiary/aromatic N) is 3. The lowest BCUT2D eigenvalue weighted by atomic mass is 9.81. The highest BCUT2D eigenvalue weighted by Crippen LogP contribution is 2.45. The molecule has 8 heteroatoms. The van der Waals surface area contributed by atoms with Gasteiger partial charge in [0.2, 0.25) is 0 Å². The lowest BCUT2D eigenvalue weighted by molar-refractivity contribution is 0.0506. The molecule has 1 saturated carbocycles. The summed E-state index contributed by atoms with van der Waals surface area (Å²) in [6.45, 7) is 12.9. The molecule has 0 bridgehead atoms. The summed E-state index contributed by atoms with van der Waals surface area (Å²) in [7, 11) is 0. The maximum absolute atomic E-state index is 13.0. The molecule has 0 radical (unpaired) electrons. The van der Waals surface area contributed by atoms with Gasteiger partial charge in [0.05, 0.1) is 27.0 Å². The largest absolute Gasteiger partial charge is 0.444 e. The summed E-state index contributed by atoms with van der Waals surface area (Å²) in [4.78, 5) is 32.2. The van der Waals surface area contributed by atoms with E-state index < -0.39 is 5.60 Å². The Bertz CT molecular complexity index is 1560. The number of rotatable bonds is 4. The first-order chi connectivity index (χ1) is 19.9. The highest BCUT2D eigenvalue weighted by atomic mass is 35.5. The Labute approximate surface area is 253 Å². The molecule has 0 atom stereocenters. The molecule has 2 aliphatic heterocycles. The molecule has 1 aliphatic carbocycles. The summed E-state index contributed by atoms with van der Waals surface area (Å²) in [6.07, 6.45) is 6.65. The van der Waals surface area contributed by atoms with Gasteiger partial charge in [0.1, 0.15) is 11.4 Å². The number of carbonyl (C=O) groups is 1. The summed E-state index contributed by atoms with van der Waals surface area (Å²) in [6, 6.07) is 13.2. The quantitative estimate of drug-likeness (QED) is 0.356. The number of halogens is 1. The summed E-state index contributed by atoms with van der Waals surface area (Å²) in [5.74, 6) is 1.82. The summed E-state index contributed by atoms with van der Waals surface area (Å²) >= 11 is 6.47. The van der Waals surface area contributed by atoms with Crippen LogP contribution in [0, 0.1) is 5.92 Å². The zero-order chi connectivity index (χ0) is 29.8. The van der Waals surface area contributed by atoms with Gasteiger partial charge in [-0.2, -0.15) is 4.98 Å². The van der Waals surface area contributed by atoms with Gasteiger partial charge >= 0.3 is 6.09 Å². The van der Waals surface area contributed by atoms with Crippen molar-refractivity contribution < 1.29 is 9.53 Å². The van der Waals surface area contributed by atoms with E-state index in [4.69, 9.17) is 16.3 Å². The van der Waals surface area contributed by atoms with Crippen LogP contribution in [0.3, 0.4) is 0 Å². The van der Waals surface area contributed by atoms with Crippen molar-refractivity contribution in [1.82, 2.24) is 19.8 Å². The van der Waals surface area contributed by atoms with Gasteiger partial charge in [-0.3, -0.25) is 9.36 Å². The van der Waals surface area contributed by atoms with E-state index in [-0.39, 0.29) is 17.1 Å². The van der Waals surface area contributed by atoms with Crippen molar-refractivity contribution in [2.45, 2.75) is 96.1 Å². The predicted molar refractivity (Wildman–Crippen MR) is 168 cm³/mol. The lowest BCUT2D eigenvalue weighted by Gasteiger charge is -2.41. The van der Waals surface area contributed by atoms with Gasteiger partial charge in [-0.25, -0.2) is 4.79 Å². The minimum Gasteiger partial charge on any atom is -0.444 e. The standard InChI is InChI=1S/C34H43ClN4O3/c1-33(2,3)42-32(41)36-20-21-9-12-24(13-10-21)38-17-15-22(16-18-38)23-11-14-25-28(19-23)39-27-8-6-7-26(35)29(27)30(40)37-31(39)34(25,4)5/h6-8,11,14,19,21-22,24H,9-10,12-13,15-18,20H2,1-5H3,(H,36,41). The topological polar surface area (TPSA) is 76.5 Å². The van der Waals surface area contributed by atoms with E-state index in [1.165, 1.54) is 24.0 Å². The number of aromatic nitrogens is 2. The number of hydrogen-bond acceptors (Lipinski definition) is 5. The van der Waals surface area contributed by atoms with Crippen molar-refractivity contribution in [3.05, 3.63) is 68.7 Å². The molecule has 0 spiro atoms. The van der Waals surface area contributed by atoms with Crippen molar-refractivity contribution in [2.24, 2.45) is 5.92 Å². The van der Waals surface area contributed by atoms with Crippen LogP contribution in [0.25, 0.3) is 16.6 Å². The number of nitrogens with one attached hydrogen (secondary N) is 1. The average Bonchev–Trinajstić information content (AvgIpc) is 3.17. The molecule has 1 saturated heterocycles. The number of amides is 1. The zero-order valence-corrected chi connectivity index (χ0v) is 26.3. The first-order valence-electron chi connectivity index (χ1n) is 15.5. The van der Waals surface area contributed by atoms with Crippen LogP contribution >= 0.6 is 11.6 Å². The molecule has 1 amide bonds. The predicted octanol–water partition coefficient (Wildman–Crippen LogP) is 6.94. The van der Waals surface area contributed by atoms with Gasteiger partial charge in [-0.05, 0) is 127 Å². The van der Waals surface area contributed by atoms with Gasteiger partial charge < -0.3 is 15.0 Å². The molecule has 224 valence electrons. The molecule has 1 aromatic heterocycles. The minimum absolute atomic E-state index is 0.260. The fourth-order valence-corrected chi connectivity index (χ4v) is 7.63. The number of benzene rings is 2. The Kier molecular flexibility index (Phi) is 7.63. The molecule has 3 aliphatic rings. The van der Waals surface area contributed by atoms with E-state index in [9.17, 15) is 9.59 Å². The van der Waals surface area contributed by atoms with E-state index in [1.54, 1.807) is 6.07 Å². The van der Waals surface area contributed by atoms with E-state index in [1.807, 2.05) is 32.9 Å². The molecule has 0 unspecified atom stereocenters. The summed E-state index contributed by atoms with van der Waals surface area (Å²) in [5, 5.41) is 3.90. The monoisotopic (exact) mass is 590 g/mol. The lowest BCUT2D eigenvalue weighted by Crippen LogP contribution is -2.44. The fourth-order valence-electron chi connectivity index (χ4n) is 7.38. The maximum atomic E-state index is 13.0. The molecule has 42 heavy (non-hydrogen) atoms. The number of ether oxygens (including phenoxy) is 1. The van der Waals surface area contributed by atoms with Crippen LogP contribution in [0.5, 0.6) is 0 Å². The molecule has 2 fully saturated rings. The third kappa shape index (κ3) is 5.46. The van der Waals surface area contributed by atoms with Crippen molar-refractivity contribution in [1.29, 1.82) is 0 Å². The first-order valence-corrected chi connectivity index (χ1v) is 15.9. The molecule has 3 heterocycles. The van der Waals surface area contributed by atoms with Crippen molar-refractivity contribution in [2.75, 3.05) is 19.6 Å². The molecule has 7 nitrogen and oxygen atoms in total. The van der Waals surface area contributed by atoms with E-state index in [2.05, 4.69) is 51.8 Å². The molecular weight excluding hydrogens is 548 g/mol. The number of hydrogen-bond donors (Lipinski definition) is 1. The van der Waals surface area contributed by atoms with Crippen molar-refractivity contribution in [3.63, 3.8) is 0 Å². The van der Waals surface area contributed by atoms with Gasteiger partial charge in [-0.15, -0.1) is 0 Å². The van der Waals surface area contributed by atoms with E-state index in [0.717, 1.165) is 55.8 Å². The van der Waals surface area contributed by atoms with Crippen LogP contribution in [0.4, 0.5) is 4.79 Å². The molecular formula is C34H43ClN4O3. The minimum atomic E-state index is -0.463. The Morgan fingerprint density at radius 2 is 1.79 bits per heavy atom. The van der Waals surface area contributed by atoms with Crippen LogP contribution in [0.2, 0.25) is 5.02 Å². The Hall–Kier alpha value is -2.90. The fraction of sp³-hybridized carbons (Fsp3) is 0.559. The van der Waals surface area contributed by atoms with Gasteiger partial charge in [-0.1, -0.05) is 29.8 Å². The molecule has 1 N–H and O–H groups in total. The summed E-state index contributed by atoms with van der Waals surface area (Å²) < 4.78 is 7.55. The van der Waals surface area contributed by atoms with Crippen molar-refractivity contribution >= 4 is 28.6 Å². The van der Waals surface area contributed by atoms with E-state index in [0.29, 0.717) is 34.8 Å². The van der Waals surface area contributed by atoms with Gasteiger partial charge in [0.25, 0.3) is 5.56 Å². The second-order valence-corrected chi connectivity index (χ2v) is 14.4. The number of carbonyl (C=O) groups excluding carboxylic acids is 1. The van der Waals surface area contributed by atoms with Gasteiger partial charge in [0.15, 0.2) is 0 Å². The highest BCUT2D eigenvalue weighted by Gasteiger charge is 2.39. The number of piperidine rings is 1. The smallest absolute Gasteiger partial charge is 0.407 e. The van der Waals surface area contributed by atoms with Crippen LogP contribution in [-0.2, 0) is 10.2 Å². The average molecular weight is 591 g/mol. The van der Waals surface area contributed by atoms with Crippen LogP contribution in [-0.4, -0.2) is 51.8 Å². The van der Waals surface area contributed by atoms with Crippen LogP contribution in [0.15, 0.2) is 41.2 Å². The van der Waals surface area contributed by atoms with E-state index >= 15 is 0 Å². The van der Waals surface area contributed by atoms with Gasteiger partial charge in [0, 0.05) is 12.6 Å². The first kappa shape index (κ1) is 29.2. The molecule has 2 aromatic carbocycles. The Balaban J connectivity index is 1.11. The maximum Gasteiger partial charge on any atom is 0.407 e. The number of likely N-dealkylation sites (tertiary alicyclic amines) is 1.